The first-order valence-corrected chi connectivity index (χ1v) is 9.54. The van der Waals surface area contributed by atoms with Crippen LogP contribution >= 0.6 is 0 Å². The van der Waals surface area contributed by atoms with E-state index < -0.39 is 0 Å². The van der Waals surface area contributed by atoms with Gasteiger partial charge >= 0.3 is 5.69 Å². The van der Waals surface area contributed by atoms with E-state index in [0.29, 0.717) is 24.8 Å². The van der Waals surface area contributed by atoms with Gasteiger partial charge in [0.05, 0.1) is 12.5 Å². The summed E-state index contributed by atoms with van der Waals surface area (Å²) in [6, 6.07) is 6.24. The molecule has 1 atom stereocenters. The van der Waals surface area contributed by atoms with E-state index in [2.05, 4.69) is 28.6 Å². The fourth-order valence-corrected chi connectivity index (χ4v) is 3.68. The summed E-state index contributed by atoms with van der Waals surface area (Å²) < 4.78 is 3.21. The smallest absolute Gasteiger partial charge is 0.346 e. The number of hydrogen-bond donors (Lipinski definition) is 1. The number of hydrogen-bond acceptors (Lipinski definition) is 3. The Labute approximate surface area is 153 Å². The van der Waals surface area contributed by atoms with Crippen molar-refractivity contribution in [2.75, 3.05) is 6.54 Å². The normalized spacial score (nSPS) is 19.2. The van der Waals surface area contributed by atoms with Crippen molar-refractivity contribution in [1.29, 1.82) is 0 Å². The predicted molar refractivity (Wildman–Crippen MR) is 99.2 cm³/mol. The molecule has 1 amide bonds. The van der Waals surface area contributed by atoms with E-state index in [1.807, 2.05) is 13.8 Å². The molecule has 1 N–H and O–H groups in total. The molecule has 1 saturated carbocycles. The van der Waals surface area contributed by atoms with Crippen LogP contribution in [0.1, 0.15) is 54.1 Å². The number of aryl methyl sites for hydroxylation is 2. The molecule has 0 bridgehead atoms. The van der Waals surface area contributed by atoms with Gasteiger partial charge in [0.1, 0.15) is 5.82 Å². The van der Waals surface area contributed by atoms with Crippen LogP contribution in [0.4, 0.5) is 0 Å². The summed E-state index contributed by atoms with van der Waals surface area (Å²) >= 11 is 0. The van der Waals surface area contributed by atoms with Crippen LogP contribution in [0, 0.1) is 19.8 Å². The lowest BCUT2D eigenvalue weighted by molar-refractivity contribution is -0.123. The number of aromatic nitrogens is 3. The van der Waals surface area contributed by atoms with Gasteiger partial charge in [0, 0.05) is 13.1 Å². The van der Waals surface area contributed by atoms with E-state index in [1.165, 1.54) is 23.1 Å². The molecule has 1 aliphatic carbocycles. The van der Waals surface area contributed by atoms with Crippen molar-refractivity contribution < 1.29 is 4.79 Å². The van der Waals surface area contributed by atoms with E-state index in [-0.39, 0.29) is 17.5 Å². The summed E-state index contributed by atoms with van der Waals surface area (Å²) in [6.07, 6.45) is 4.01. The zero-order chi connectivity index (χ0) is 18.3. The van der Waals surface area contributed by atoms with Crippen LogP contribution in [0.15, 0.2) is 23.0 Å². The van der Waals surface area contributed by atoms with E-state index >= 15 is 0 Å². The highest BCUT2D eigenvalue weighted by atomic mass is 16.2. The second-order valence-electron chi connectivity index (χ2n) is 7.76. The average Bonchev–Trinajstić information content (AvgIpc) is 3.41. The molecule has 1 aliphatic heterocycles. The summed E-state index contributed by atoms with van der Waals surface area (Å²) in [5.74, 6) is 0.975. The second kappa shape index (κ2) is 6.74. The third kappa shape index (κ3) is 3.32. The highest BCUT2D eigenvalue weighted by Gasteiger charge is 2.32. The van der Waals surface area contributed by atoms with Crippen molar-refractivity contribution in [3.63, 3.8) is 0 Å². The molecule has 6 nitrogen and oxygen atoms in total. The Balaban J connectivity index is 1.59. The minimum Gasteiger partial charge on any atom is -0.355 e. The maximum absolute atomic E-state index is 12.8. The molecule has 2 aliphatic rings. The van der Waals surface area contributed by atoms with Crippen LogP contribution in [0.2, 0.25) is 0 Å². The third-order valence-corrected chi connectivity index (χ3v) is 5.54. The lowest BCUT2D eigenvalue weighted by Crippen LogP contribution is -2.36. The Morgan fingerprint density at radius 3 is 2.85 bits per heavy atom. The van der Waals surface area contributed by atoms with E-state index in [9.17, 15) is 9.59 Å². The van der Waals surface area contributed by atoms with Gasteiger partial charge in [0.2, 0.25) is 5.91 Å². The Morgan fingerprint density at radius 2 is 2.08 bits per heavy atom. The number of rotatable bonds is 5. The van der Waals surface area contributed by atoms with E-state index in [4.69, 9.17) is 0 Å². The quantitative estimate of drug-likeness (QED) is 0.894. The van der Waals surface area contributed by atoms with Crippen LogP contribution in [-0.2, 0) is 17.9 Å². The van der Waals surface area contributed by atoms with Gasteiger partial charge < -0.3 is 5.32 Å². The first-order chi connectivity index (χ1) is 12.5. The summed E-state index contributed by atoms with van der Waals surface area (Å²) in [5, 5.41) is 7.61. The van der Waals surface area contributed by atoms with Crippen LogP contribution < -0.4 is 11.0 Å². The highest BCUT2D eigenvalue weighted by Crippen LogP contribution is 2.29. The second-order valence-corrected chi connectivity index (χ2v) is 7.76. The van der Waals surface area contributed by atoms with Crippen LogP contribution in [-0.4, -0.2) is 26.8 Å². The molecule has 4 rings (SSSR count). The lowest BCUT2D eigenvalue weighted by Gasteiger charge is -2.21. The number of benzene rings is 1. The van der Waals surface area contributed by atoms with Gasteiger partial charge in [-0.1, -0.05) is 23.8 Å². The maximum Gasteiger partial charge on any atom is 0.346 e. The monoisotopic (exact) mass is 354 g/mol. The van der Waals surface area contributed by atoms with Gasteiger partial charge in [-0.05, 0) is 56.6 Å². The molecular weight excluding hydrogens is 328 g/mol. The summed E-state index contributed by atoms with van der Waals surface area (Å²) in [4.78, 5) is 25.4. The van der Waals surface area contributed by atoms with Crippen LogP contribution in [0.3, 0.4) is 0 Å². The molecule has 0 saturated heterocycles. The SMILES string of the molecule is Cc1ccc(C)c(Cn2nc3n(c2=O)CCCC3C(=O)NCC2CC2)c1. The lowest BCUT2D eigenvalue weighted by atomic mass is 9.98. The molecule has 1 unspecified atom stereocenters. The molecule has 0 spiro atoms. The topological polar surface area (TPSA) is 68.9 Å². The average molecular weight is 354 g/mol. The number of carbonyl (C=O) groups is 1. The molecule has 2 heterocycles. The first-order valence-electron chi connectivity index (χ1n) is 9.54. The number of nitrogens with zero attached hydrogens (tertiary/aromatic N) is 3. The molecule has 1 aromatic heterocycles. The zero-order valence-electron chi connectivity index (χ0n) is 15.5. The van der Waals surface area contributed by atoms with Crippen LogP contribution in [0.25, 0.3) is 0 Å². The molecule has 0 radical (unpaired) electrons. The maximum atomic E-state index is 12.8. The van der Waals surface area contributed by atoms with Crippen molar-refractivity contribution in [3.8, 4) is 0 Å². The molecule has 6 heteroatoms. The van der Waals surface area contributed by atoms with Crippen LogP contribution in [0.5, 0.6) is 0 Å². The molecular formula is C20H26N4O2. The standard InChI is InChI=1S/C20H26N4O2/c1-13-5-6-14(2)16(10-13)12-24-20(26)23-9-3-4-17(18(23)22-24)19(25)21-11-15-7-8-15/h5-6,10,15,17H,3-4,7-9,11-12H2,1-2H3,(H,21,25). The van der Waals surface area contributed by atoms with Gasteiger partial charge in [-0.15, -0.1) is 0 Å². The summed E-state index contributed by atoms with van der Waals surface area (Å²) in [6.45, 7) is 5.94. The van der Waals surface area contributed by atoms with E-state index in [0.717, 1.165) is 30.5 Å². The Kier molecular flexibility index (Phi) is 4.42. The fourth-order valence-electron chi connectivity index (χ4n) is 3.68. The van der Waals surface area contributed by atoms with Gasteiger partial charge in [0.15, 0.2) is 0 Å². The van der Waals surface area contributed by atoms with Crippen molar-refractivity contribution in [2.24, 2.45) is 5.92 Å². The number of nitrogens with one attached hydrogen (secondary N) is 1. The molecule has 26 heavy (non-hydrogen) atoms. The molecule has 1 aromatic carbocycles. The molecule has 138 valence electrons. The van der Waals surface area contributed by atoms with Crippen molar-refractivity contribution >= 4 is 5.91 Å². The van der Waals surface area contributed by atoms with Gasteiger partial charge in [-0.2, -0.15) is 5.10 Å². The minimum atomic E-state index is -0.310. The largest absolute Gasteiger partial charge is 0.355 e. The first kappa shape index (κ1) is 17.1. The van der Waals surface area contributed by atoms with Gasteiger partial charge in [-0.3, -0.25) is 9.36 Å². The van der Waals surface area contributed by atoms with Crippen molar-refractivity contribution in [1.82, 2.24) is 19.7 Å². The Bertz CT molecular complexity index is 892. The van der Waals surface area contributed by atoms with Crippen molar-refractivity contribution in [3.05, 3.63) is 51.2 Å². The minimum absolute atomic E-state index is 0.0155. The number of amides is 1. The third-order valence-electron chi connectivity index (χ3n) is 5.54. The molecule has 1 fully saturated rings. The Hall–Kier alpha value is -2.37. The summed E-state index contributed by atoms with van der Waals surface area (Å²) in [7, 11) is 0. The predicted octanol–water partition coefficient (Wildman–Crippen LogP) is 2.11. The summed E-state index contributed by atoms with van der Waals surface area (Å²) in [5.41, 5.74) is 3.30. The Morgan fingerprint density at radius 1 is 1.27 bits per heavy atom. The van der Waals surface area contributed by atoms with Gasteiger partial charge in [-0.25, -0.2) is 9.48 Å². The highest BCUT2D eigenvalue weighted by molar-refractivity contribution is 5.82. The van der Waals surface area contributed by atoms with Crippen molar-refractivity contribution in [2.45, 2.75) is 58.5 Å². The number of fused-ring (bicyclic) bond motifs is 1. The fraction of sp³-hybridized carbons (Fsp3) is 0.550. The number of carbonyl (C=O) groups excluding carboxylic acids is 1. The van der Waals surface area contributed by atoms with E-state index in [1.54, 1.807) is 4.57 Å². The zero-order valence-corrected chi connectivity index (χ0v) is 15.5. The van der Waals surface area contributed by atoms with Gasteiger partial charge in [0.25, 0.3) is 0 Å². The molecule has 2 aromatic rings.